The van der Waals surface area contributed by atoms with E-state index in [1.54, 1.807) is 0 Å². The number of nitrogens with zero attached hydrogens (tertiary/aromatic N) is 2. The highest BCUT2D eigenvalue weighted by molar-refractivity contribution is 5.98. The van der Waals surface area contributed by atoms with E-state index in [0.29, 0.717) is 24.3 Å². The SMILES string of the molecule is CC1CC(n2ccc3c2CC(C)(C)CC3=O)CCN1C. The second-order valence-corrected chi connectivity index (χ2v) is 7.53. The lowest BCUT2D eigenvalue weighted by Gasteiger charge is -2.38. The first-order chi connectivity index (χ1) is 9.37. The molecule has 0 saturated carbocycles. The summed E-state index contributed by atoms with van der Waals surface area (Å²) in [5.74, 6) is 0.330. The van der Waals surface area contributed by atoms with E-state index in [2.05, 4.69) is 49.5 Å². The maximum atomic E-state index is 12.3. The van der Waals surface area contributed by atoms with Gasteiger partial charge < -0.3 is 9.47 Å². The van der Waals surface area contributed by atoms with Gasteiger partial charge in [0.05, 0.1) is 0 Å². The number of piperidine rings is 1. The minimum absolute atomic E-state index is 0.108. The summed E-state index contributed by atoms with van der Waals surface area (Å²) in [7, 11) is 2.21. The number of carbonyl (C=O) groups excluding carboxylic acids is 1. The Morgan fingerprint density at radius 2 is 2.05 bits per heavy atom. The van der Waals surface area contributed by atoms with Gasteiger partial charge in [0.25, 0.3) is 0 Å². The number of carbonyl (C=O) groups is 1. The number of ketones is 1. The van der Waals surface area contributed by atoms with E-state index in [9.17, 15) is 4.79 Å². The Kier molecular flexibility index (Phi) is 3.28. The molecule has 1 aliphatic heterocycles. The van der Waals surface area contributed by atoms with Gasteiger partial charge in [-0.3, -0.25) is 4.79 Å². The van der Waals surface area contributed by atoms with Crippen LogP contribution in [0.15, 0.2) is 12.3 Å². The summed E-state index contributed by atoms with van der Waals surface area (Å²) < 4.78 is 2.41. The summed E-state index contributed by atoms with van der Waals surface area (Å²) in [5, 5.41) is 0. The highest BCUT2D eigenvalue weighted by atomic mass is 16.1. The molecule has 20 heavy (non-hydrogen) atoms. The van der Waals surface area contributed by atoms with E-state index in [4.69, 9.17) is 0 Å². The lowest BCUT2D eigenvalue weighted by Crippen LogP contribution is -2.39. The van der Waals surface area contributed by atoms with Crippen molar-refractivity contribution >= 4 is 5.78 Å². The second kappa shape index (κ2) is 4.73. The molecule has 0 amide bonds. The van der Waals surface area contributed by atoms with Gasteiger partial charge in [0.1, 0.15) is 0 Å². The Hall–Kier alpha value is -1.09. The monoisotopic (exact) mass is 274 g/mol. The Labute approximate surface area is 122 Å². The molecule has 1 saturated heterocycles. The van der Waals surface area contributed by atoms with Crippen LogP contribution in [0.1, 0.15) is 62.1 Å². The maximum Gasteiger partial charge on any atom is 0.165 e. The highest BCUT2D eigenvalue weighted by Crippen LogP contribution is 2.38. The third-order valence-electron chi connectivity index (χ3n) is 5.18. The zero-order chi connectivity index (χ0) is 14.5. The van der Waals surface area contributed by atoms with Gasteiger partial charge in [-0.2, -0.15) is 0 Å². The molecule has 0 radical (unpaired) electrons. The van der Waals surface area contributed by atoms with Crippen LogP contribution in [0.2, 0.25) is 0 Å². The zero-order valence-electron chi connectivity index (χ0n) is 13.1. The first-order valence-corrected chi connectivity index (χ1v) is 7.80. The molecular formula is C17H26N2O. The van der Waals surface area contributed by atoms with Crippen molar-refractivity contribution in [3.8, 4) is 0 Å². The van der Waals surface area contributed by atoms with E-state index in [-0.39, 0.29) is 5.41 Å². The van der Waals surface area contributed by atoms with Crippen molar-refractivity contribution in [1.82, 2.24) is 9.47 Å². The highest BCUT2D eigenvalue weighted by Gasteiger charge is 2.35. The van der Waals surface area contributed by atoms with E-state index in [0.717, 1.165) is 18.5 Å². The summed E-state index contributed by atoms with van der Waals surface area (Å²) in [6, 6.07) is 3.24. The van der Waals surface area contributed by atoms with Gasteiger partial charge in [-0.25, -0.2) is 0 Å². The molecule has 2 aliphatic rings. The van der Waals surface area contributed by atoms with Crippen LogP contribution in [0.5, 0.6) is 0 Å². The number of likely N-dealkylation sites (tertiary alicyclic amines) is 1. The van der Waals surface area contributed by atoms with Crippen LogP contribution in [-0.2, 0) is 6.42 Å². The molecule has 0 aromatic carbocycles. The summed E-state index contributed by atoms with van der Waals surface area (Å²) in [6.07, 6.45) is 6.26. The smallest absolute Gasteiger partial charge is 0.165 e. The lowest BCUT2D eigenvalue weighted by atomic mass is 9.76. The third kappa shape index (κ3) is 2.32. The standard InChI is InChI=1S/C17H26N2O/c1-12-9-13(5-7-18(12)4)19-8-6-14-15(19)10-17(2,3)11-16(14)20/h6,8,12-13H,5,7,9-11H2,1-4H3. The normalized spacial score (nSPS) is 30.3. The predicted octanol–water partition coefficient (Wildman–Crippen LogP) is 3.30. The summed E-state index contributed by atoms with van der Waals surface area (Å²) >= 11 is 0. The molecule has 1 aromatic rings. The first-order valence-electron chi connectivity index (χ1n) is 7.80. The van der Waals surface area contributed by atoms with Gasteiger partial charge in [-0.05, 0) is 44.7 Å². The Balaban J connectivity index is 1.91. The van der Waals surface area contributed by atoms with Gasteiger partial charge in [-0.1, -0.05) is 13.8 Å². The Bertz CT molecular complexity index is 529. The van der Waals surface area contributed by atoms with Crippen molar-refractivity contribution in [2.75, 3.05) is 13.6 Å². The van der Waals surface area contributed by atoms with Crippen molar-refractivity contribution < 1.29 is 4.79 Å². The van der Waals surface area contributed by atoms with Crippen molar-refractivity contribution in [3.05, 3.63) is 23.5 Å². The molecule has 0 spiro atoms. The van der Waals surface area contributed by atoms with Crippen molar-refractivity contribution in [1.29, 1.82) is 0 Å². The number of hydrogen-bond acceptors (Lipinski definition) is 2. The van der Waals surface area contributed by atoms with Crippen LogP contribution in [0.3, 0.4) is 0 Å². The van der Waals surface area contributed by atoms with E-state index in [1.165, 1.54) is 18.5 Å². The topological polar surface area (TPSA) is 25.2 Å². The minimum Gasteiger partial charge on any atom is -0.348 e. The average Bonchev–Trinajstić information content (AvgIpc) is 2.75. The molecule has 0 N–H and O–H groups in total. The molecule has 2 heterocycles. The third-order valence-corrected chi connectivity index (χ3v) is 5.18. The fourth-order valence-corrected chi connectivity index (χ4v) is 3.83. The summed E-state index contributed by atoms with van der Waals surface area (Å²) in [6.45, 7) is 7.87. The lowest BCUT2D eigenvalue weighted by molar-refractivity contribution is 0.0906. The van der Waals surface area contributed by atoms with Gasteiger partial charge in [-0.15, -0.1) is 0 Å². The maximum absolute atomic E-state index is 12.3. The zero-order valence-corrected chi connectivity index (χ0v) is 13.1. The fraction of sp³-hybridized carbons (Fsp3) is 0.706. The quantitative estimate of drug-likeness (QED) is 0.785. The molecule has 110 valence electrons. The fourth-order valence-electron chi connectivity index (χ4n) is 3.83. The number of aromatic nitrogens is 1. The van der Waals surface area contributed by atoms with Crippen LogP contribution < -0.4 is 0 Å². The second-order valence-electron chi connectivity index (χ2n) is 7.53. The molecule has 2 unspecified atom stereocenters. The first kappa shape index (κ1) is 13.9. The van der Waals surface area contributed by atoms with Crippen molar-refractivity contribution in [2.24, 2.45) is 5.41 Å². The van der Waals surface area contributed by atoms with Crippen LogP contribution in [0, 0.1) is 5.41 Å². The van der Waals surface area contributed by atoms with Crippen LogP contribution in [-0.4, -0.2) is 34.9 Å². The molecule has 3 rings (SSSR count). The summed E-state index contributed by atoms with van der Waals surface area (Å²) in [4.78, 5) is 14.7. The van der Waals surface area contributed by atoms with E-state index >= 15 is 0 Å². The van der Waals surface area contributed by atoms with Crippen LogP contribution in [0.4, 0.5) is 0 Å². The number of fused-ring (bicyclic) bond motifs is 1. The molecule has 1 fully saturated rings. The van der Waals surface area contributed by atoms with E-state index < -0.39 is 0 Å². The molecule has 3 nitrogen and oxygen atoms in total. The van der Waals surface area contributed by atoms with Crippen LogP contribution >= 0.6 is 0 Å². The molecule has 1 aliphatic carbocycles. The summed E-state index contributed by atoms with van der Waals surface area (Å²) in [5.41, 5.74) is 2.38. The van der Waals surface area contributed by atoms with Crippen molar-refractivity contribution in [2.45, 2.75) is 58.5 Å². The Morgan fingerprint density at radius 3 is 2.75 bits per heavy atom. The van der Waals surface area contributed by atoms with E-state index in [1.807, 2.05) is 0 Å². The average molecular weight is 274 g/mol. The molecule has 1 aromatic heterocycles. The molecule has 0 bridgehead atoms. The van der Waals surface area contributed by atoms with Gasteiger partial charge in [0.2, 0.25) is 0 Å². The van der Waals surface area contributed by atoms with Gasteiger partial charge in [0.15, 0.2) is 5.78 Å². The largest absolute Gasteiger partial charge is 0.348 e. The molecule has 3 heteroatoms. The number of rotatable bonds is 1. The van der Waals surface area contributed by atoms with Crippen molar-refractivity contribution in [3.63, 3.8) is 0 Å². The molecular weight excluding hydrogens is 248 g/mol. The minimum atomic E-state index is 0.108. The Morgan fingerprint density at radius 1 is 1.30 bits per heavy atom. The van der Waals surface area contributed by atoms with Gasteiger partial charge >= 0.3 is 0 Å². The predicted molar refractivity (Wildman–Crippen MR) is 81.2 cm³/mol. The van der Waals surface area contributed by atoms with Crippen LogP contribution in [0.25, 0.3) is 0 Å². The molecule has 2 atom stereocenters. The van der Waals surface area contributed by atoms with Gasteiger partial charge in [0, 0.05) is 42.5 Å². The number of hydrogen-bond donors (Lipinski definition) is 0. The number of Topliss-reactive ketones (excluding diaryl/α,β-unsaturated/α-hetero) is 1.